The van der Waals surface area contributed by atoms with Crippen molar-refractivity contribution in [3.05, 3.63) is 47.0 Å². The Morgan fingerprint density at radius 1 is 0.920 bits per heavy atom. The van der Waals surface area contributed by atoms with Crippen LogP contribution in [0, 0.1) is 29.4 Å². The van der Waals surface area contributed by atoms with Crippen LogP contribution in [-0.2, 0) is 6.42 Å². The quantitative estimate of drug-likeness (QED) is 0.477. The number of benzene rings is 1. The molecule has 1 saturated carbocycles. The van der Waals surface area contributed by atoms with Gasteiger partial charge in [0.2, 0.25) is 0 Å². The molecule has 0 N–H and O–H groups in total. The van der Waals surface area contributed by atoms with E-state index in [2.05, 4.69) is 13.0 Å². The highest BCUT2D eigenvalue weighted by molar-refractivity contribution is 5.20. The van der Waals surface area contributed by atoms with Crippen LogP contribution in [0.4, 0.5) is 8.78 Å². The Hall–Kier alpha value is -1.18. The van der Waals surface area contributed by atoms with Gasteiger partial charge in [0.15, 0.2) is 11.6 Å². The monoisotopic (exact) mass is 346 g/mol. The first-order chi connectivity index (χ1) is 12.2. The molecule has 0 saturated heterocycles. The van der Waals surface area contributed by atoms with Crippen molar-refractivity contribution in [1.82, 2.24) is 0 Å². The fraction of sp³-hybridized carbons (Fsp3) is 0.652. The van der Waals surface area contributed by atoms with Crippen molar-refractivity contribution in [3.63, 3.8) is 0 Å². The predicted molar refractivity (Wildman–Crippen MR) is 100 cm³/mol. The van der Waals surface area contributed by atoms with Crippen molar-refractivity contribution in [2.45, 2.75) is 77.6 Å². The third kappa shape index (κ3) is 5.15. The Kier molecular flexibility index (Phi) is 6.67. The van der Waals surface area contributed by atoms with Crippen LogP contribution in [0.15, 0.2) is 29.8 Å². The summed E-state index contributed by atoms with van der Waals surface area (Å²) >= 11 is 0. The van der Waals surface area contributed by atoms with Crippen molar-refractivity contribution in [2.24, 2.45) is 17.8 Å². The van der Waals surface area contributed by atoms with Crippen LogP contribution >= 0.6 is 0 Å². The maximum absolute atomic E-state index is 13.3. The van der Waals surface area contributed by atoms with Crippen molar-refractivity contribution >= 4 is 0 Å². The Labute approximate surface area is 151 Å². The maximum atomic E-state index is 13.3. The minimum Gasteiger partial charge on any atom is -0.204 e. The number of hydrogen-bond donors (Lipinski definition) is 0. The summed E-state index contributed by atoms with van der Waals surface area (Å²) in [5.74, 6) is 1.34. The molecule has 0 aromatic heterocycles. The zero-order valence-electron chi connectivity index (χ0n) is 15.6. The van der Waals surface area contributed by atoms with Crippen LogP contribution in [-0.4, -0.2) is 0 Å². The van der Waals surface area contributed by atoms with Gasteiger partial charge in [-0.15, -0.1) is 0 Å². The molecule has 2 aliphatic rings. The molecule has 1 unspecified atom stereocenters. The molecule has 0 nitrogen and oxygen atoms in total. The summed E-state index contributed by atoms with van der Waals surface area (Å²) in [5.41, 5.74) is 2.41. The van der Waals surface area contributed by atoms with Crippen LogP contribution in [0.3, 0.4) is 0 Å². The second-order valence-electron chi connectivity index (χ2n) is 8.21. The standard InChI is InChI=1S/C23H32F2/c1-2-3-17-6-11-20(12-7-17)21-13-8-18(9-14-21)4-5-19-10-15-22(24)23(25)16-19/h8,10,15-17,20-21H,2-7,9,11-14H2,1H3. The molecule has 1 aromatic rings. The van der Waals surface area contributed by atoms with E-state index in [-0.39, 0.29) is 0 Å². The van der Waals surface area contributed by atoms with E-state index in [1.807, 2.05) is 0 Å². The fourth-order valence-corrected chi connectivity index (χ4v) is 4.92. The van der Waals surface area contributed by atoms with Gasteiger partial charge in [-0.25, -0.2) is 8.78 Å². The lowest BCUT2D eigenvalue weighted by molar-refractivity contribution is 0.186. The molecule has 2 heteroatoms. The molecule has 0 aliphatic heterocycles. The second-order valence-corrected chi connectivity index (χ2v) is 8.21. The summed E-state index contributed by atoms with van der Waals surface area (Å²) in [5, 5.41) is 0. The molecule has 0 heterocycles. The molecule has 3 rings (SSSR count). The van der Waals surface area contributed by atoms with Gasteiger partial charge in [0.25, 0.3) is 0 Å². The number of aryl methyl sites for hydroxylation is 1. The summed E-state index contributed by atoms with van der Waals surface area (Å²) in [6.07, 6.45) is 16.5. The highest BCUT2D eigenvalue weighted by atomic mass is 19.2. The van der Waals surface area contributed by atoms with Gasteiger partial charge in [-0.1, -0.05) is 50.3 Å². The molecule has 25 heavy (non-hydrogen) atoms. The van der Waals surface area contributed by atoms with Crippen LogP contribution in [0.25, 0.3) is 0 Å². The molecular formula is C23H32F2. The Bertz CT molecular complexity index is 582. The van der Waals surface area contributed by atoms with E-state index in [1.54, 1.807) is 6.07 Å². The third-order valence-corrected chi connectivity index (χ3v) is 6.52. The minimum absolute atomic E-state index is 0.728. The fourth-order valence-electron chi connectivity index (χ4n) is 4.92. The SMILES string of the molecule is CCCC1CCC(C2CC=C(CCc3ccc(F)c(F)c3)CC2)CC1. The first-order valence-corrected chi connectivity index (χ1v) is 10.3. The summed E-state index contributed by atoms with van der Waals surface area (Å²) < 4.78 is 26.3. The van der Waals surface area contributed by atoms with Crippen molar-refractivity contribution in [1.29, 1.82) is 0 Å². The molecule has 1 aromatic carbocycles. The summed E-state index contributed by atoms with van der Waals surface area (Å²) in [6.45, 7) is 2.31. The van der Waals surface area contributed by atoms with E-state index in [1.165, 1.54) is 75.5 Å². The Morgan fingerprint density at radius 3 is 2.36 bits per heavy atom. The number of hydrogen-bond acceptors (Lipinski definition) is 0. The molecule has 2 aliphatic carbocycles. The lowest BCUT2D eigenvalue weighted by Crippen LogP contribution is -2.23. The predicted octanol–water partition coefficient (Wildman–Crippen LogP) is 7.23. The molecule has 1 fully saturated rings. The lowest BCUT2D eigenvalue weighted by Gasteiger charge is -2.35. The first kappa shape index (κ1) is 18.6. The van der Waals surface area contributed by atoms with Gasteiger partial charge < -0.3 is 0 Å². The lowest BCUT2D eigenvalue weighted by atomic mass is 9.70. The first-order valence-electron chi connectivity index (χ1n) is 10.3. The minimum atomic E-state index is -0.753. The van der Waals surface area contributed by atoms with E-state index in [4.69, 9.17) is 0 Å². The third-order valence-electron chi connectivity index (χ3n) is 6.52. The van der Waals surface area contributed by atoms with Gasteiger partial charge in [-0.2, -0.15) is 0 Å². The molecule has 0 amide bonds. The summed E-state index contributed by atoms with van der Waals surface area (Å²) in [6, 6.07) is 4.29. The molecule has 0 spiro atoms. The topological polar surface area (TPSA) is 0 Å². The van der Waals surface area contributed by atoms with Gasteiger partial charge in [0.05, 0.1) is 0 Å². The van der Waals surface area contributed by atoms with Crippen molar-refractivity contribution < 1.29 is 8.78 Å². The summed E-state index contributed by atoms with van der Waals surface area (Å²) in [7, 11) is 0. The van der Waals surface area contributed by atoms with Gasteiger partial charge in [0.1, 0.15) is 0 Å². The van der Waals surface area contributed by atoms with Crippen molar-refractivity contribution in [3.8, 4) is 0 Å². The van der Waals surface area contributed by atoms with Crippen LogP contribution < -0.4 is 0 Å². The molecule has 138 valence electrons. The number of halogens is 2. The van der Waals surface area contributed by atoms with Crippen molar-refractivity contribution in [2.75, 3.05) is 0 Å². The number of rotatable bonds is 6. The zero-order valence-corrected chi connectivity index (χ0v) is 15.6. The Morgan fingerprint density at radius 2 is 1.72 bits per heavy atom. The van der Waals surface area contributed by atoms with E-state index in [0.717, 1.165) is 36.2 Å². The van der Waals surface area contributed by atoms with Crippen LogP contribution in [0.2, 0.25) is 0 Å². The normalized spacial score (nSPS) is 27.2. The number of allylic oxidation sites excluding steroid dienone is 2. The van der Waals surface area contributed by atoms with Crippen LogP contribution in [0.1, 0.15) is 76.7 Å². The average Bonchev–Trinajstić information content (AvgIpc) is 2.64. The second kappa shape index (κ2) is 8.96. The average molecular weight is 347 g/mol. The molecule has 0 radical (unpaired) electrons. The van der Waals surface area contributed by atoms with Crippen LogP contribution in [0.5, 0.6) is 0 Å². The largest absolute Gasteiger partial charge is 0.204 e. The van der Waals surface area contributed by atoms with Gasteiger partial charge >= 0.3 is 0 Å². The highest BCUT2D eigenvalue weighted by Gasteiger charge is 2.28. The maximum Gasteiger partial charge on any atom is 0.159 e. The van der Waals surface area contributed by atoms with Gasteiger partial charge in [-0.05, 0) is 80.4 Å². The smallest absolute Gasteiger partial charge is 0.159 e. The molecule has 1 atom stereocenters. The van der Waals surface area contributed by atoms with E-state index >= 15 is 0 Å². The van der Waals surface area contributed by atoms with E-state index < -0.39 is 11.6 Å². The zero-order chi connectivity index (χ0) is 17.6. The molecular weight excluding hydrogens is 314 g/mol. The summed E-state index contributed by atoms with van der Waals surface area (Å²) in [4.78, 5) is 0. The van der Waals surface area contributed by atoms with Gasteiger partial charge in [-0.3, -0.25) is 0 Å². The Balaban J connectivity index is 1.44. The van der Waals surface area contributed by atoms with E-state index in [9.17, 15) is 8.78 Å². The highest BCUT2D eigenvalue weighted by Crippen LogP contribution is 2.41. The van der Waals surface area contributed by atoms with Gasteiger partial charge in [0, 0.05) is 0 Å². The van der Waals surface area contributed by atoms with E-state index in [0.29, 0.717) is 0 Å². The molecule has 0 bridgehead atoms.